The summed E-state index contributed by atoms with van der Waals surface area (Å²) in [5.41, 5.74) is 4.29. The zero-order chi connectivity index (χ0) is 28.5. The molecule has 0 atom stereocenters. The molecule has 3 N–H and O–H groups in total. The summed E-state index contributed by atoms with van der Waals surface area (Å²) >= 11 is 1.38. The molecule has 0 aliphatic rings. The van der Waals surface area contributed by atoms with Crippen molar-refractivity contribution in [2.75, 3.05) is 16.4 Å². The molecule has 6 nitrogen and oxygen atoms in total. The van der Waals surface area contributed by atoms with Gasteiger partial charge in [-0.05, 0) is 85.1 Å². The first-order valence-electron chi connectivity index (χ1n) is 12.5. The average Bonchev–Trinajstić information content (AvgIpc) is 2.96. The molecule has 0 aliphatic heterocycles. The van der Waals surface area contributed by atoms with Crippen LogP contribution in [0.15, 0.2) is 108 Å². The van der Waals surface area contributed by atoms with Gasteiger partial charge in [0.2, 0.25) is 5.91 Å². The van der Waals surface area contributed by atoms with Crippen LogP contribution in [0.2, 0.25) is 0 Å². The van der Waals surface area contributed by atoms with E-state index in [1.165, 1.54) is 42.1 Å². The highest BCUT2D eigenvalue weighted by Gasteiger charge is 2.15. The molecule has 40 heavy (non-hydrogen) atoms. The largest absolute Gasteiger partial charge is 0.325 e. The Morgan fingerprint density at radius 3 is 2.08 bits per heavy atom. The highest BCUT2D eigenvalue weighted by Crippen LogP contribution is 2.23. The number of hydrogen-bond donors (Lipinski definition) is 3. The quantitative estimate of drug-likeness (QED) is 0.161. The summed E-state index contributed by atoms with van der Waals surface area (Å²) in [6.45, 7) is 3.91. The van der Waals surface area contributed by atoms with Crippen LogP contribution in [-0.4, -0.2) is 23.5 Å². The molecule has 0 aliphatic carbocycles. The van der Waals surface area contributed by atoms with Crippen molar-refractivity contribution >= 4 is 46.9 Å². The van der Waals surface area contributed by atoms with Gasteiger partial charge in [-0.15, -0.1) is 11.8 Å². The topological polar surface area (TPSA) is 87.3 Å². The molecule has 0 bridgehead atoms. The number of halogens is 1. The molecule has 0 spiro atoms. The van der Waals surface area contributed by atoms with E-state index in [2.05, 4.69) is 16.0 Å². The molecule has 0 saturated heterocycles. The van der Waals surface area contributed by atoms with E-state index in [4.69, 9.17) is 0 Å². The molecule has 8 heteroatoms. The van der Waals surface area contributed by atoms with Gasteiger partial charge in [0.05, 0.1) is 5.75 Å². The fourth-order valence-corrected chi connectivity index (χ4v) is 4.54. The number of benzene rings is 4. The van der Waals surface area contributed by atoms with Gasteiger partial charge < -0.3 is 16.0 Å². The van der Waals surface area contributed by atoms with Crippen molar-refractivity contribution < 1.29 is 18.8 Å². The lowest BCUT2D eigenvalue weighted by atomic mass is 10.1. The normalized spacial score (nSPS) is 11.0. The van der Waals surface area contributed by atoms with E-state index in [0.29, 0.717) is 16.8 Å². The second-order valence-corrected chi connectivity index (χ2v) is 10.1. The highest BCUT2D eigenvalue weighted by atomic mass is 32.2. The molecular weight excluding hydrogens is 525 g/mol. The number of anilines is 2. The van der Waals surface area contributed by atoms with E-state index < -0.39 is 17.6 Å². The first-order chi connectivity index (χ1) is 19.3. The SMILES string of the molecule is Cc1cccc(C)c1NC(=O)CSc1ccc(NC(=O)/C(=C/c2ccc(F)cc2)NC(=O)c2ccccc2)cc1. The van der Waals surface area contributed by atoms with Crippen molar-refractivity contribution in [2.24, 2.45) is 0 Å². The van der Waals surface area contributed by atoms with E-state index in [9.17, 15) is 18.8 Å². The van der Waals surface area contributed by atoms with Crippen LogP contribution in [0.1, 0.15) is 27.0 Å². The van der Waals surface area contributed by atoms with Crippen molar-refractivity contribution in [2.45, 2.75) is 18.7 Å². The molecule has 0 saturated carbocycles. The summed E-state index contributed by atoms with van der Waals surface area (Å²) in [5.74, 6) is -1.27. The summed E-state index contributed by atoms with van der Waals surface area (Å²) < 4.78 is 13.4. The summed E-state index contributed by atoms with van der Waals surface area (Å²) in [4.78, 5) is 39.2. The third-order valence-corrected chi connectivity index (χ3v) is 6.95. The minimum atomic E-state index is -0.540. The zero-order valence-corrected chi connectivity index (χ0v) is 22.8. The summed E-state index contributed by atoms with van der Waals surface area (Å²) in [6.07, 6.45) is 1.48. The third-order valence-electron chi connectivity index (χ3n) is 5.94. The fourth-order valence-electron chi connectivity index (χ4n) is 3.84. The summed E-state index contributed by atoms with van der Waals surface area (Å²) in [7, 11) is 0. The average molecular weight is 554 g/mol. The molecule has 4 aromatic carbocycles. The molecule has 202 valence electrons. The van der Waals surface area contributed by atoms with E-state index in [1.54, 1.807) is 54.6 Å². The second kappa shape index (κ2) is 13.4. The number of nitrogens with one attached hydrogen (secondary N) is 3. The smallest absolute Gasteiger partial charge is 0.272 e. The van der Waals surface area contributed by atoms with Gasteiger partial charge in [0.1, 0.15) is 11.5 Å². The predicted octanol–water partition coefficient (Wildman–Crippen LogP) is 6.58. The van der Waals surface area contributed by atoms with Crippen LogP contribution >= 0.6 is 11.8 Å². The van der Waals surface area contributed by atoms with E-state index in [0.717, 1.165) is 21.7 Å². The van der Waals surface area contributed by atoms with Crippen LogP contribution in [0, 0.1) is 19.7 Å². The van der Waals surface area contributed by atoms with Crippen LogP contribution in [0.4, 0.5) is 15.8 Å². The zero-order valence-electron chi connectivity index (χ0n) is 22.0. The number of para-hydroxylation sites is 1. The van der Waals surface area contributed by atoms with Crippen LogP contribution in [0.3, 0.4) is 0 Å². The molecule has 0 unspecified atom stereocenters. The van der Waals surface area contributed by atoms with Gasteiger partial charge in [-0.25, -0.2) is 4.39 Å². The summed E-state index contributed by atoms with van der Waals surface area (Å²) in [5, 5.41) is 8.41. The van der Waals surface area contributed by atoms with Crippen molar-refractivity contribution in [3.63, 3.8) is 0 Å². The molecule has 0 heterocycles. The van der Waals surface area contributed by atoms with Gasteiger partial charge in [-0.1, -0.05) is 48.5 Å². The monoisotopic (exact) mass is 553 g/mol. The van der Waals surface area contributed by atoms with Crippen LogP contribution < -0.4 is 16.0 Å². The third kappa shape index (κ3) is 7.91. The van der Waals surface area contributed by atoms with Gasteiger partial charge >= 0.3 is 0 Å². The molecule has 4 rings (SSSR count). The van der Waals surface area contributed by atoms with Crippen molar-refractivity contribution in [1.29, 1.82) is 0 Å². The fraction of sp³-hybridized carbons (Fsp3) is 0.0938. The van der Waals surface area contributed by atoms with Crippen molar-refractivity contribution in [3.05, 3.63) is 131 Å². The van der Waals surface area contributed by atoms with Crippen molar-refractivity contribution in [3.8, 4) is 0 Å². The number of rotatable bonds is 9. The maximum absolute atomic E-state index is 13.4. The number of aryl methyl sites for hydroxylation is 2. The molecule has 0 radical (unpaired) electrons. The maximum Gasteiger partial charge on any atom is 0.272 e. The maximum atomic E-state index is 13.4. The number of carbonyl (C=O) groups is 3. The van der Waals surface area contributed by atoms with E-state index >= 15 is 0 Å². The van der Waals surface area contributed by atoms with Crippen LogP contribution in [0.25, 0.3) is 6.08 Å². The number of carbonyl (C=O) groups excluding carboxylic acids is 3. The Bertz CT molecular complexity index is 1520. The van der Waals surface area contributed by atoms with Crippen LogP contribution in [0.5, 0.6) is 0 Å². The van der Waals surface area contributed by atoms with Gasteiger partial charge in [0.25, 0.3) is 11.8 Å². The highest BCUT2D eigenvalue weighted by molar-refractivity contribution is 8.00. The Kier molecular flexibility index (Phi) is 9.48. The van der Waals surface area contributed by atoms with Gasteiger partial charge in [-0.3, -0.25) is 14.4 Å². The minimum absolute atomic E-state index is 0.00193. The van der Waals surface area contributed by atoms with E-state index in [1.807, 2.05) is 32.0 Å². The Balaban J connectivity index is 1.41. The lowest BCUT2D eigenvalue weighted by Gasteiger charge is -2.12. The molecule has 4 aromatic rings. The number of hydrogen-bond acceptors (Lipinski definition) is 4. The number of amides is 3. The lowest BCUT2D eigenvalue weighted by molar-refractivity contribution is -0.114. The van der Waals surface area contributed by atoms with Gasteiger partial charge in [-0.2, -0.15) is 0 Å². The molecule has 0 fully saturated rings. The summed E-state index contributed by atoms with van der Waals surface area (Å²) in [6, 6.07) is 27.0. The Labute approximate surface area is 236 Å². The number of thioether (sulfide) groups is 1. The van der Waals surface area contributed by atoms with Crippen molar-refractivity contribution in [1.82, 2.24) is 5.32 Å². The van der Waals surface area contributed by atoms with Crippen LogP contribution in [-0.2, 0) is 9.59 Å². The minimum Gasteiger partial charge on any atom is -0.325 e. The van der Waals surface area contributed by atoms with Gasteiger partial charge in [0.15, 0.2) is 0 Å². The van der Waals surface area contributed by atoms with E-state index in [-0.39, 0.29) is 17.4 Å². The Morgan fingerprint density at radius 1 is 0.775 bits per heavy atom. The lowest BCUT2D eigenvalue weighted by Crippen LogP contribution is -2.30. The molecular formula is C32H28FN3O3S. The standard InChI is InChI=1S/C32H28FN3O3S/c1-21-7-6-8-22(2)30(21)36-29(37)20-40-27-17-15-26(16-18-27)34-32(39)28(19-23-11-13-25(33)14-12-23)35-31(38)24-9-4-3-5-10-24/h3-19H,20H2,1-2H3,(H,34,39)(H,35,38)(H,36,37)/b28-19-. The second-order valence-electron chi connectivity index (χ2n) is 9.01. The molecule has 0 aromatic heterocycles. The van der Waals surface area contributed by atoms with Gasteiger partial charge in [0, 0.05) is 21.8 Å². The predicted molar refractivity (Wildman–Crippen MR) is 159 cm³/mol. The Hall–Kier alpha value is -4.69. The Morgan fingerprint density at radius 2 is 1.43 bits per heavy atom. The first kappa shape index (κ1) is 28.3. The molecule has 3 amide bonds. The first-order valence-corrected chi connectivity index (χ1v) is 13.5.